The summed E-state index contributed by atoms with van der Waals surface area (Å²) in [5.74, 6) is 0.610. The van der Waals surface area contributed by atoms with Crippen LogP contribution in [0.15, 0.2) is 53.7 Å². The van der Waals surface area contributed by atoms with Crippen molar-refractivity contribution in [1.29, 1.82) is 0 Å². The molecule has 140 valence electrons. The largest absolute Gasteiger partial charge is 0.387 e. The van der Waals surface area contributed by atoms with E-state index in [1.54, 1.807) is 6.20 Å². The molecule has 3 rings (SSSR count). The van der Waals surface area contributed by atoms with Crippen molar-refractivity contribution in [1.82, 2.24) is 0 Å². The molecule has 0 aromatic heterocycles. The van der Waals surface area contributed by atoms with Crippen molar-refractivity contribution >= 4 is 28.8 Å². The lowest BCUT2D eigenvalue weighted by Crippen LogP contribution is -2.20. The second-order valence-corrected chi connectivity index (χ2v) is 6.86. The maximum atomic E-state index is 12.4. The van der Waals surface area contributed by atoms with Crippen LogP contribution in [0.5, 0.6) is 0 Å². The number of amidine groups is 1. The average molecular weight is 362 g/mol. The molecule has 0 unspecified atom stereocenters. The van der Waals surface area contributed by atoms with Crippen LogP contribution >= 0.6 is 0 Å². The number of nitrogens with zero attached hydrogens (tertiary/aromatic N) is 1. The molecular weight excluding hydrogens is 336 g/mol. The quantitative estimate of drug-likeness (QED) is 0.669. The fraction of sp³-hybridized carbons (Fsp3) is 0.273. The van der Waals surface area contributed by atoms with E-state index < -0.39 is 0 Å². The van der Waals surface area contributed by atoms with E-state index in [2.05, 4.69) is 34.7 Å². The number of amides is 2. The van der Waals surface area contributed by atoms with Crippen molar-refractivity contribution in [3.8, 4) is 0 Å². The summed E-state index contributed by atoms with van der Waals surface area (Å²) in [4.78, 5) is 16.5. The third kappa shape index (κ3) is 4.97. The van der Waals surface area contributed by atoms with Gasteiger partial charge in [0, 0.05) is 24.0 Å². The van der Waals surface area contributed by atoms with Crippen LogP contribution < -0.4 is 16.4 Å². The first-order chi connectivity index (χ1) is 13.0. The second kappa shape index (κ2) is 8.54. The van der Waals surface area contributed by atoms with Crippen LogP contribution in [0.4, 0.5) is 16.2 Å². The lowest BCUT2D eigenvalue weighted by atomic mass is 10.0. The number of rotatable bonds is 6. The van der Waals surface area contributed by atoms with Gasteiger partial charge in [0.25, 0.3) is 0 Å². The lowest BCUT2D eigenvalue weighted by Gasteiger charge is -2.12. The number of carbonyl (C=O) groups is 1. The van der Waals surface area contributed by atoms with E-state index in [-0.39, 0.29) is 6.03 Å². The van der Waals surface area contributed by atoms with Gasteiger partial charge in [-0.15, -0.1) is 0 Å². The van der Waals surface area contributed by atoms with Gasteiger partial charge in [0.05, 0.1) is 0 Å². The molecule has 1 heterocycles. The van der Waals surface area contributed by atoms with Gasteiger partial charge >= 0.3 is 6.03 Å². The van der Waals surface area contributed by atoms with Crippen molar-refractivity contribution in [3.63, 3.8) is 0 Å². The number of anilines is 2. The van der Waals surface area contributed by atoms with Gasteiger partial charge in [0.2, 0.25) is 0 Å². The van der Waals surface area contributed by atoms with Gasteiger partial charge in [0.15, 0.2) is 0 Å². The zero-order valence-corrected chi connectivity index (χ0v) is 15.9. The molecule has 2 aromatic carbocycles. The van der Waals surface area contributed by atoms with Crippen molar-refractivity contribution < 1.29 is 4.79 Å². The highest BCUT2D eigenvalue weighted by molar-refractivity contribution is 6.01. The molecule has 0 bridgehead atoms. The topological polar surface area (TPSA) is 79.5 Å². The Morgan fingerprint density at radius 3 is 2.74 bits per heavy atom. The average Bonchev–Trinajstić information content (AvgIpc) is 3.09. The minimum atomic E-state index is -0.257. The number of carbonyl (C=O) groups excluding carboxylic acids is 1. The molecule has 5 nitrogen and oxygen atoms in total. The van der Waals surface area contributed by atoms with E-state index >= 15 is 0 Å². The smallest absolute Gasteiger partial charge is 0.323 e. The Morgan fingerprint density at radius 2 is 2.04 bits per heavy atom. The van der Waals surface area contributed by atoms with Crippen LogP contribution in [0, 0.1) is 6.92 Å². The van der Waals surface area contributed by atoms with Gasteiger partial charge in [-0.25, -0.2) is 9.79 Å². The SMILES string of the molecule is CCCCc1ccc(NC(=O)Nc2cccc(C3=CN=C(N)C3)c2)c(C)c1. The molecule has 0 fully saturated rings. The molecule has 0 spiro atoms. The highest BCUT2D eigenvalue weighted by Crippen LogP contribution is 2.25. The summed E-state index contributed by atoms with van der Waals surface area (Å²) in [6.45, 7) is 4.20. The molecule has 0 radical (unpaired) electrons. The summed E-state index contributed by atoms with van der Waals surface area (Å²) in [7, 11) is 0. The van der Waals surface area contributed by atoms with Crippen LogP contribution in [0.2, 0.25) is 0 Å². The Labute approximate surface area is 160 Å². The van der Waals surface area contributed by atoms with Gasteiger partial charge in [-0.1, -0.05) is 37.6 Å². The Kier molecular flexibility index (Phi) is 5.91. The Bertz CT molecular complexity index is 899. The van der Waals surface area contributed by atoms with Gasteiger partial charge in [-0.2, -0.15) is 0 Å². The molecule has 1 aliphatic heterocycles. The third-order valence-electron chi connectivity index (χ3n) is 4.61. The van der Waals surface area contributed by atoms with Gasteiger partial charge in [-0.3, -0.25) is 0 Å². The summed E-state index contributed by atoms with van der Waals surface area (Å²) in [6.07, 6.45) is 5.84. The zero-order valence-electron chi connectivity index (χ0n) is 15.9. The maximum absolute atomic E-state index is 12.4. The third-order valence-corrected chi connectivity index (χ3v) is 4.61. The van der Waals surface area contributed by atoms with E-state index in [0.717, 1.165) is 34.5 Å². The number of aliphatic imine (C=N–C) groups is 1. The first-order valence-electron chi connectivity index (χ1n) is 9.34. The standard InChI is InChI=1S/C22H26N4O/c1-3-4-6-16-9-10-20(15(2)11-16)26-22(27)25-19-8-5-7-17(12-19)18-13-21(23)24-14-18/h5,7-12,14H,3-4,6,13H2,1-2H3,(H2,23,24)(H2,25,26,27). The summed E-state index contributed by atoms with van der Waals surface area (Å²) in [5.41, 5.74) is 11.7. The number of urea groups is 1. The van der Waals surface area contributed by atoms with Gasteiger partial charge < -0.3 is 16.4 Å². The molecule has 0 atom stereocenters. The number of benzene rings is 2. The van der Waals surface area contributed by atoms with Crippen molar-refractivity contribution in [2.75, 3.05) is 10.6 Å². The van der Waals surface area contributed by atoms with Crippen molar-refractivity contribution in [2.24, 2.45) is 10.7 Å². The summed E-state index contributed by atoms with van der Waals surface area (Å²) >= 11 is 0. The normalized spacial score (nSPS) is 13.1. The predicted octanol–water partition coefficient (Wildman–Crippen LogP) is 5.08. The van der Waals surface area contributed by atoms with Crippen LogP contribution in [0.25, 0.3) is 5.57 Å². The molecule has 0 aliphatic carbocycles. The Balaban J connectivity index is 1.63. The number of nitrogens with two attached hydrogens (primary N) is 1. The fourth-order valence-electron chi connectivity index (χ4n) is 3.11. The van der Waals surface area contributed by atoms with Crippen LogP contribution in [-0.2, 0) is 6.42 Å². The first kappa shape index (κ1) is 18.7. The van der Waals surface area contributed by atoms with Gasteiger partial charge in [0.1, 0.15) is 5.84 Å². The summed E-state index contributed by atoms with van der Waals surface area (Å²) < 4.78 is 0. The summed E-state index contributed by atoms with van der Waals surface area (Å²) in [6, 6.07) is 13.6. The van der Waals surface area contributed by atoms with Crippen LogP contribution in [0.1, 0.15) is 42.9 Å². The zero-order chi connectivity index (χ0) is 19.2. The molecular formula is C22H26N4O. The molecule has 0 saturated carbocycles. The molecule has 4 N–H and O–H groups in total. The Morgan fingerprint density at radius 1 is 1.19 bits per heavy atom. The second-order valence-electron chi connectivity index (χ2n) is 6.86. The maximum Gasteiger partial charge on any atom is 0.323 e. The van der Waals surface area contributed by atoms with Gasteiger partial charge in [-0.05, 0) is 60.2 Å². The molecule has 27 heavy (non-hydrogen) atoms. The number of unbranched alkanes of at least 4 members (excludes halogenated alkanes) is 1. The molecule has 1 aliphatic rings. The number of nitrogens with one attached hydrogen (secondary N) is 2. The predicted molar refractivity (Wildman–Crippen MR) is 113 cm³/mol. The fourth-order valence-corrected chi connectivity index (χ4v) is 3.11. The van der Waals surface area contributed by atoms with E-state index in [9.17, 15) is 4.79 Å². The monoisotopic (exact) mass is 362 g/mol. The van der Waals surface area contributed by atoms with Crippen molar-refractivity contribution in [3.05, 3.63) is 65.4 Å². The van der Waals surface area contributed by atoms with Crippen molar-refractivity contribution in [2.45, 2.75) is 39.5 Å². The molecule has 0 saturated heterocycles. The van der Waals surface area contributed by atoms with Crippen LogP contribution in [-0.4, -0.2) is 11.9 Å². The minimum absolute atomic E-state index is 0.257. The summed E-state index contributed by atoms with van der Waals surface area (Å²) in [5, 5.41) is 5.83. The van der Waals surface area contributed by atoms with E-state index in [1.807, 2.05) is 37.3 Å². The van der Waals surface area contributed by atoms with Crippen LogP contribution in [0.3, 0.4) is 0 Å². The highest BCUT2D eigenvalue weighted by Gasteiger charge is 2.11. The molecule has 2 aromatic rings. The number of aryl methyl sites for hydroxylation is 2. The van der Waals surface area contributed by atoms with E-state index in [1.165, 1.54) is 18.4 Å². The minimum Gasteiger partial charge on any atom is -0.387 e. The lowest BCUT2D eigenvalue weighted by molar-refractivity contribution is 0.262. The Hall–Kier alpha value is -3.08. The highest BCUT2D eigenvalue weighted by atomic mass is 16.2. The first-order valence-corrected chi connectivity index (χ1v) is 9.34. The number of hydrogen-bond acceptors (Lipinski definition) is 3. The van der Waals surface area contributed by atoms with E-state index in [0.29, 0.717) is 12.3 Å². The van der Waals surface area contributed by atoms with E-state index in [4.69, 9.17) is 5.73 Å². The number of hydrogen-bond donors (Lipinski definition) is 3. The molecule has 5 heteroatoms. The molecule has 2 amide bonds.